The second-order valence-electron chi connectivity index (χ2n) is 3.61. The Morgan fingerprint density at radius 3 is 2.46 bits per heavy atom. The molecule has 0 aliphatic rings. The molecule has 1 nitrogen and oxygen atoms in total. The highest BCUT2D eigenvalue weighted by Gasteiger charge is 2.05. The van der Waals surface area contributed by atoms with Gasteiger partial charge in [-0.1, -0.05) is 32.3 Å². The van der Waals surface area contributed by atoms with Crippen molar-refractivity contribution in [3.8, 4) is 0 Å². The van der Waals surface area contributed by atoms with Crippen LogP contribution in [0.15, 0.2) is 12.7 Å². The van der Waals surface area contributed by atoms with Crippen molar-refractivity contribution < 1.29 is 4.79 Å². The number of unbranched alkanes of at least 4 members (excludes halogenated alkanes) is 3. The van der Waals surface area contributed by atoms with E-state index in [2.05, 4.69) is 13.5 Å². The zero-order valence-electron chi connectivity index (χ0n) is 8.80. The summed E-state index contributed by atoms with van der Waals surface area (Å²) < 4.78 is 0. The molecule has 0 saturated heterocycles. The third-order valence-electron chi connectivity index (χ3n) is 2.35. The number of allylic oxidation sites excluding steroid dienone is 1. The van der Waals surface area contributed by atoms with Gasteiger partial charge < -0.3 is 4.79 Å². The van der Waals surface area contributed by atoms with Crippen LogP contribution in [0.3, 0.4) is 0 Å². The van der Waals surface area contributed by atoms with E-state index in [1.807, 2.05) is 6.08 Å². The van der Waals surface area contributed by atoms with Crippen LogP contribution < -0.4 is 0 Å². The van der Waals surface area contributed by atoms with E-state index in [1.165, 1.54) is 25.7 Å². The minimum absolute atomic E-state index is 0.310. The van der Waals surface area contributed by atoms with Crippen LogP contribution in [0.4, 0.5) is 0 Å². The van der Waals surface area contributed by atoms with E-state index in [-0.39, 0.29) is 0 Å². The maximum atomic E-state index is 10.7. The van der Waals surface area contributed by atoms with E-state index in [1.54, 1.807) is 0 Å². The topological polar surface area (TPSA) is 17.1 Å². The molecule has 0 saturated carbocycles. The monoisotopic (exact) mass is 182 g/mol. The fourth-order valence-electron chi connectivity index (χ4n) is 1.44. The Morgan fingerprint density at radius 2 is 1.92 bits per heavy atom. The second-order valence-corrected chi connectivity index (χ2v) is 3.61. The highest BCUT2D eigenvalue weighted by molar-refractivity contribution is 5.53. The SMILES string of the molecule is C=CCCCCC(C=O)CCCC. The first-order valence-corrected chi connectivity index (χ1v) is 5.41. The van der Waals surface area contributed by atoms with Gasteiger partial charge in [0.05, 0.1) is 0 Å². The van der Waals surface area contributed by atoms with Gasteiger partial charge in [0.2, 0.25) is 0 Å². The fourth-order valence-corrected chi connectivity index (χ4v) is 1.44. The molecule has 0 bridgehead atoms. The summed E-state index contributed by atoms with van der Waals surface area (Å²) >= 11 is 0. The molecule has 0 radical (unpaired) electrons. The maximum absolute atomic E-state index is 10.7. The number of hydrogen-bond donors (Lipinski definition) is 0. The molecule has 0 aromatic heterocycles. The normalized spacial score (nSPS) is 12.4. The largest absolute Gasteiger partial charge is 0.303 e. The number of carbonyl (C=O) groups excluding carboxylic acids is 1. The van der Waals surface area contributed by atoms with Gasteiger partial charge in [-0.15, -0.1) is 6.58 Å². The molecular formula is C12H22O. The standard InChI is InChI=1S/C12H22O/c1-3-5-7-8-10-12(11-13)9-6-4-2/h3,11-12H,1,4-10H2,2H3. The van der Waals surface area contributed by atoms with Crippen LogP contribution in [-0.4, -0.2) is 6.29 Å². The molecule has 0 rings (SSSR count). The predicted molar refractivity (Wildman–Crippen MR) is 57.7 cm³/mol. The summed E-state index contributed by atoms with van der Waals surface area (Å²) in [5, 5.41) is 0. The van der Waals surface area contributed by atoms with E-state index >= 15 is 0 Å². The quantitative estimate of drug-likeness (QED) is 0.301. The van der Waals surface area contributed by atoms with Gasteiger partial charge in [-0.2, -0.15) is 0 Å². The van der Waals surface area contributed by atoms with Crippen LogP contribution in [0.5, 0.6) is 0 Å². The molecule has 13 heavy (non-hydrogen) atoms. The molecule has 0 spiro atoms. The van der Waals surface area contributed by atoms with Crippen LogP contribution in [0.25, 0.3) is 0 Å². The highest BCUT2D eigenvalue weighted by Crippen LogP contribution is 2.14. The summed E-state index contributed by atoms with van der Waals surface area (Å²) in [5.41, 5.74) is 0. The molecule has 0 aromatic rings. The minimum Gasteiger partial charge on any atom is -0.303 e. The lowest BCUT2D eigenvalue weighted by Crippen LogP contribution is -2.01. The van der Waals surface area contributed by atoms with Crippen molar-refractivity contribution in [2.24, 2.45) is 5.92 Å². The van der Waals surface area contributed by atoms with Crippen molar-refractivity contribution in [3.63, 3.8) is 0 Å². The molecule has 76 valence electrons. The molecule has 1 heteroatoms. The van der Waals surface area contributed by atoms with E-state index in [9.17, 15) is 4.79 Å². The Kier molecular flexibility index (Phi) is 9.07. The van der Waals surface area contributed by atoms with Crippen LogP contribution in [0.1, 0.15) is 51.9 Å². The third kappa shape index (κ3) is 7.76. The Hall–Kier alpha value is -0.590. The molecule has 0 aliphatic carbocycles. The van der Waals surface area contributed by atoms with Gasteiger partial charge in [-0.3, -0.25) is 0 Å². The van der Waals surface area contributed by atoms with Crippen molar-refractivity contribution in [1.82, 2.24) is 0 Å². The maximum Gasteiger partial charge on any atom is 0.123 e. The minimum atomic E-state index is 0.310. The van der Waals surface area contributed by atoms with Crippen molar-refractivity contribution in [1.29, 1.82) is 0 Å². The second kappa shape index (κ2) is 9.50. The number of hydrogen-bond acceptors (Lipinski definition) is 1. The Labute approximate surface area is 82.2 Å². The van der Waals surface area contributed by atoms with Crippen molar-refractivity contribution in [3.05, 3.63) is 12.7 Å². The Balaban J connectivity index is 3.35. The fraction of sp³-hybridized carbons (Fsp3) is 0.750. The zero-order valence-corrected chi connectivity index (χ0v) is 8.80. The summed E-state index contributed by atoms with van der Waals surface area (Å²) in [4.78, 5) is 10.7. The zero-order chi connectivity index (χ0) is 9.94. The van der Waals surface area contributed by atoms with Gasteiger partial charge in [-0.05, 0) is 25.7 Å². The van der Waals surface area contributed by atoms with E-state index in [0.29, 0.717) is 5.92 Å². The first-order valence-electron chi connectivity index (χ1n) is 5.41. The van der Waals surface area contributed by atoms with Gasteiger partial charge >= 0.3 is 0 Å². The number of aldehydes is 1. The highest BCUT2D eigenvalue weighted by atomic mass is 16.1. The lowest BCUT2D eigenvalue weighted by atomic mass is 9.97. The summed E-state index contributed by atoms with van der Waals surface area (Å²) in [5.74, 6) is 0.310. The number of rotatable bonds is 9. The van der Waals surface area contributed by atoms with Gasteiger partial charge in [0, 0.05) is 5.92 Å². The average Bonchev–Trinajstić information content (AvgIpc) is 2.17. The van der Waals surface area contributed by atoms with Crippen molar-refractivity contribution in [2.45, 2.75) is 51.9 Å². The summed E-state index contributed by atoms with van der Waals surface area (Å²) in [6.07, 6.45) is 11.0. The van der Waals surface area contributed by atoms with Gasteiger partial charge in [0.15, 0.2) is 0 Å². The van der Waals surface area contributed by atoms with Crippen LogP contribution in [-0.2, 0) is 4.79 Å². The molecule has 0 fully saturated rings. The first kappa shape index (κ1) is 12.4. The molecular weight excluding hydrogens is 160 g/mol. The van der Waals surface area contributed by atoms with Gasteiger partial charge in [0.1, 0.15) is 6.29 Å². The predicted octanol–water partition coefficient (Wildman–Crippen LogP) is 3.74. The summed E-state index contributed by atoms with van der Waals surface area (Å²) in [7, 11) is 0. The summed E-state index contributed by atoms with van der Waals surface area (Å²) in [6.45, 7) is 5.84. The molecule has 1 atom stereocenters. The average molecular weight is 182 g/mol. The van der Waals surface area contributed by atoms with E-state index in [4.69, 9.17) is 0 Å². The van der Waals surface area contributed by atoms with Crippen LogP contribution >= 0.6 is 0 Å². The lowest BCUT2D eigenvalue weighted by Gasteiger charge is -2.07. The summed E-state index contributed by atoms with van der Waals surface area (Å²) in [6, 6.07) is 0. The Morgan fingerprint density at radius 1 is 1.23 bits per heavy atom. The first-order chi connectivity index (χ1) is 6.35. The molecule has 0 aliphatic heterocycles. The molecule has 0 aromatic carbocycles. The van der Waals surface area contributed by atoms with Gasteiger partial charge in [0.25, 0.3) is 0 Å². The van der Waals surface area contributed by atoms with Crippen molar-refractivity contribution >= 4 is 6.29 Å². The van der Waals surface area contributed by atoms with Crippen LogP contribution in [0.2, 0.25) is 0 Å². The molecule has 0 amide bonds. The Bertz CT molecular complexity index is 129. The van der Waals surface area contributed by atoms with Crippen molar-refractivity contribution in [2.75, 3.05) is 0 Å². The van der Waals surface area contributed by atoms with Crippen LogP contribution in [0, 0.1) is 5.92 Å². The van der Waals surface area contributed by atoms with Gasteiger partial charge in [-0.25, -0.2) is 0 Å². The molecule has 1 unspecified atom stereocenters. The number of carbonyl (C=O) groups is 1. The van der Waals surface area contributed by atoms with E-state index < -0.39 is 0 Å². The molecule has 0 heterocycles. The molecule has 0 N–H and O–H groups in total. The van der Waals surface area contributed by atoms with E-state index in [0.717, 1.165) is 25.5 Å². The lowest BCUT2D eigenvalue weighted by molar-refractivity contribution is -0.111. The third-order valence-corrected chi connectivity index (χ3v) is 2.35. The smallest absolute Gasteiger partial charge is 0.123 e.